The SMILES string of the molecule is Cc1cccc(C)c1NC(=O)CCCSCCC(=O)Nc1c(C)n(C)n(-c2ccccc2)c1=O. The van der Waals surface area contributed by atoms with Gasteiger partial charge in [-0.05, 0) is 56.2 Å². The van der Waals surface area contributed by atoms with Crippen molar-refractivity contribution < 1.29 is 9.59 Å². The number of rotatable bonds is 10. The summed E-state index contributed by atoms with van der Waals surface area (Å²) in [6, 6.07) is 15.3. The molecule has 7 nitrogen and oxygen atoms in total. The lowest BCUT2D eigenvalue weighted by Crippen LogP contribution is -2.23. The molecule has 2 N–H and O–H groups in total. The minimum absolute atomic E-state index is 0.00462. The number of aromatic nitrogens is 2. The van der Waals surface area contributed by atoms with Crippen LogP contribution in [0.25, 0.3) is 5.69 Å². The molecule has 180 valence electrons. The summed E-state index contributed by atoms with van der Waals surface area (Å²) in [4.78, 5) is 37.6. The zero-order chi connectivity index (χ0) is 24.7. The monoisotopic (exact) mass is 480 g/mol. The number of hydrogen-bond acceptors (Lipinski definition) is 4. The molecule has 1 aromatic heterocycles. The highest BCUT2D eigenvalue weighted by atomic mass is 32.2. The molecule has 3 aromatic rings. The van der Waals surface area contributed by atoms with Crippen molar-refractivity contribution in [1.29, 1.82) is 0 Å². The van der Waals surface area contributed by atoms with E-state index in [1.165, 1.54) is 0 Å². The van der Waals surface area contributed by atoms with Gasteiger partial charge in [0.05, 0.1) is 11.4 Å². The zero-order valence-corrected chi connectivity index (χ0v) is 21.0. The van der Waals surface area contributed by atoms with Crippen LogP contribution in [0.5, 0.6) is 0 Å². The molecule has 0 spiro atoms. The Bertz CT molecular complexity index is 1190. The van der Waals surface area contributed by atoms with Gasteiger partial charge in [-0.2, -0.15) is 11.8 Å². The average Bonchev–Trinajstić information content (AvgIpc) is 3.02. The van der Waals surface area contributed by atoms with E-state index >= 15 is 0 Å². The number of para-hydroxylation sites is 2. The second-order valence-corrected chi connectivity index (χ2v) is 9.49. The molecule has 0 saturated heterocycles. The van der Waals surface area contributed by atoms with Crippen LogP contribution in [0.1, 0.15) is 36.1 Å². The van der Waals surface area contributed by atoms with Gasteiger partial charge in [-0.15, -0.1) is 0 Å². The summed E-state index contributed by atoms with van der Waals surface area (Å²) in [7, 11) is 1.80. The maximum atomic E-state index is 12.9. The first-order chi connectivity index (χ1) is 16.3. The second kappa shape index (κ2) is 11.7. The van der Waals surface area contributed by atoms with Gasteiger partial charge >= 0.3 is 0 Å². The van der Waals surface area contributed by atoms with Gasteiger partial charge in [-0.3, -0.25) is 19.1 Å². The highest BCUT2D eigenvalue weighted by Crippen LogP contribution is 2.20. The average molecular weight is 481 g/mol. The number of benzene rings is 2. The fourth-order valence-electron chi connectivity index (χ4n) is 3.73. The number of hydrogen-bond donors (Lipinski definition) is 2. The Morgan fingerprint density at radius 1 is 0.824 bits per heavy atom. The van der Waals surface area contributed by atoms with Gasteiger partial charge in [-0.25, -0.2) is 4.68 Å². The molecule has 0 aliphatic rings. The molecule has 0 radical (unpaired) electrons. The van der Waals surface area contributed by atoms with Crippen LogP contribution < -0.4 is 16.2 Å². The lowest BCUT2D eigenvalue weighted by atomic mass is 10.1. The molecule has 1 heterocycles. The van der Waals surface area contributed by atoms with Gasteiger partial charge in [-0.1, -0.05) is 36.4 Å². The van der Waals surface area contributed by atoms with Crippen molar-refractivity contribution in [3.63, 3.8) is 0 Å². The molecule has 34 heavy (non-hydrogen) atoms. The largest absolute Gasteiger partial charge is 0.326 e. The first-order valence-corrected chi connectivity index (χ1v) is 12.5. The maximum Gasteiger partial charge on any atom is 0.295 e. The van der Waals surface area contributed by atoms with Gasteiger partial charge in [0.15, 0.2) is 0 Å². The van der Waals surface area contributed by atoms with Crippen LogP contribution in [0.4, 0.5) is 11.4 Å². The molecule has 8 heteroatoms. The van der Waals surface area contributed by atoms with Crippen LogP contribution in [0.2, 0.25) is 0 Å². The van der Waals surface area contributed by atoms with Gasteiger partial charge in [0.2, 0.25) is 11.8 Å². The molecule has 0 aliphatic heterocycles. The van der Waals surface area contributed by atoms with Gasteiger partial charge in [0.25, 0.3) is 5.56 Å². The molecule has 0 atom stereocenters. The summed E-state index contributed by atoms with van der Waals surface area (Å²) in [5, 5.41) is 5.78. The highest BCUT2D eigenvalue weighted by Gasteiger charge is 2.18. The van der Waals surface area contributed by atoms with E-state index in [0.717, 1.165) is 34.7 Å². The summed E-state index contributed by atoms with van der Waals surface area (Å²) in [5.74, 6) is 1.23. The Morgan fingerprint density at radius 2 is 1.44 bits per heavy atom. The summed E-state index contributed by atoms with van der Waals surface area (Å²) in [5.41, 5.74) is 4.50. The van der Waals surface area contributed by atoms with Crippen LogP contribution in [0.15, 0.2) is 53.3 Å². The molecule has 0 bridgehead atoms. The molecule has 0 fully saturated rings. The van der Waals surface area contributed by atoms with E-state index in [0.29, 0.717) is 30.0 Å². The maximum absolute atomic E-state index is 12.9. The molecule has 0 unspecified atom stereocenters. The Kier molecular flexibility index (Phi) is 8.76. The zero-order valence-electron chi connectivity index (χ0n) is 20.2. The van der Waals surface area contributed by atoms with Crippen molar-refractivity contribution in [1.82, 2.24) is 9.36 Å². The molecule has 0 saturated carbocycles. The number of nitrogens with zero attached hydrogens (tertiary/aromatic N) is 2. The van der Waals surface area contributed by atoms with Crippen LogP contribution in [0.3, 0.4) is 0 Å². The van der Waals surface area contributed by atoms with Crippen molar-refractivity contribution >= 4 is 35.0 Å². The lowest BCUT2D eigenvalue weighted by Gasteiger charge is -2.11. The van der Waals surface area contributed by atoms with Gasteiger partial charge in [0, 0.05) is 31.3 Å². The Hall–Kier alpha value is -3.26. The van der Waals surface area contributed by atoms with Crippen LogP contribution in [-0.2, 0) is 16.6 Å². The number of carbonyl (C=O) groups is 2. The summed E-state index contributed by atoms with van der Waals surface area (Å²) >= 11 is 1.63. The first-order valence-electron chi connectivity index (χ1n) is 11.4. The second-order valence-electron chi connectivity index (χ2n) is 8.27. The molecule has 0 aliphatic carbocycles. The minimum atomic E-state index is -0.248. The van der Waals surface area contributed by atoms with E-state index in [-0.39, 0.29) is 17.4 Å². The van der Waals surface area contributed by atoms with Gasteiger partial charge in [0.1, 0.15) is 5.69 Å². The summed E-state index contributed by atoms with van der Waals surface area (Å²) < 4.78 is 3.29. The van der Waals surface area contributed by atoms with E-state index in [2.05, 4.69) is 10.6 Å². The number of nitrogens with one attached hydrogen (secondary N) is 2. The fourth-order valence-corrected chi connectivity index (χ4v) is 4.61. The number of aryl methyl sites for hydroxylation is 2. The third-order valence-electron chi connectivity index (χ3n) is 5.73. The van der Waals surface area contributed by atoms with E-state index in [1.54, 1.807) is 28.2 Å². The van der Waals surface area contributed by atoms with Crippen molar-refractivity contribution in [2.75, 3.05) is 22.1 Å². The lowest BCUT2D eigenvalue weighted by molar-refractivity contribution is -0.116. The normalized spacial score (nSPS) is 10.8. The smallest absolute Gasteiger partial charge is 0.295 e. The third kappa shape index (κ3) is 6.20. The predicted octanol–water partition coefficient (Wildman–Crippen LogP) is 4.58. The van der Waals surface area contributed by atoms with Crippen molar-refractivity contribution in [2.24, 2.45) is 7.05 Å². The Labute approximate surface area is 204 Å². The van der Waals surface area contributed by atoms with E-state index in [1.807, 2.05) is 69.3 Å². The number of amides is 2. The summed E-state index contributed by atoms with van der Waals surface area (Å²) in [6.07, 6.45) is 1.48. The molecular weight excluding hydrogens is 448 g/mol. The van der Waals surface area contributed by atoms with Crippen LogP contribution >= 0.6 is 11.8 Å². The highest BCUT2D eigenvalue weighted by molar-refractivity contribution is 7.99. The molecule has 2 aromatic carbocycles. The van der Waals surface area contributed by atoms with Crippen LogP contribution in [0, 0.1) is 20.8 Å². The number of anilines is 2. The molecular formula is C26H32N4O3S. The Morgan fingerprint density at radius 3 is 2.12 bits per heavy atom. The van der Waals surface area contributed by atoms with E-state index < -0.39 is 0 Å². The number of thioether (sulfide) groups is 1. The van der Waals surface area contributed by atoms with E-state index in [9.17, 15) is 14.4 Å². The van der Waals surface area contributed by atoms with Gasteiger partial charge < -0.3 is 10.6 Å². The topological polar surface area (TPSA) is 85.1 Å². The third-order valence-corrected chi connectivity index (χ3v) is 6.80. The van der Waals surface area contributed by atoms with Crippen molar-refractivity contribution in [3.05, 3.63) is 75.7 Å². The minimum Gasteiger partial charge on any atom is -0.326 e. The standard InChI is InChI=1S/C26H32N4O3S/c1-18-10-8-11-19(2)24(18)27-22(31)14-9-16-34-17-15-23(32)28-25-20(3)29(4)30(26(25)33)21-12-6-5-7-13-21/h5-8,10-13H,9,14-17H2,1-4H3,(H,27,31)(H,28,32). The number of carbonyl (C=O) groups excluding carboxylic acids is 2. The van der Waals surface area contributed by atoms with Crippen molar-refractivity contribution in [2.45, 2.75) is 40.0 Å². The Balaban J connectivity index is 1.42. The predicted molar refractivity (Wildman–Crippen MR) is 140 cm³/mol. The fraction of sp³-hybridized carbons (Fsp3) is 0.346. The quantitative estimate of drug-likeness (QED) is 0.416. The summed E-state index contributed by atoms with van der Waals surface area (Å²) in [6.45, 7) is 5.78. The first kappa shape index (κ1) is 25.4. The molecule has 2 amide bonds. The molecule has 3 rings (SSSR count). The van der Waals surface area contributed by atoms with E-state index in [4.69, 9.17) is 0 Å². The van der Waals surface area contributed by atoms with Crippen LogP contribution in [-0.4, -0.2) is 32.7 Å². The van der Waals surface area contributed by atoms with Crippen molar-refractivity contribution in [3.8, 4) is 5.69 Å².